The molecule has 0 radical (unpaired) electrons. The summed E-state index contributed by atoms with van der Waals surface area (Å²) in [6.07, 6.45) is 3.70. The van der Waals surface area contributed by atoms with Gasteiger partial charge in [-0.1, -0.05) is 48.7 Å². The normalized spacial score (nSPS) is 14.6. The Bertz CT molecular complexity index is 1380. The van der Waals surface area contributed by atoms with Crippen molar-refractivity contribution >= 4 is 33.2 Å². The second-order valence-electron chi connectivity index (χ2n) is 9.12. The smallest absolute Gasteiger partial charge is 0.257 e. The molecule has 1 fully saturated rings. The van der Waals surface area contributed by atoms with Crippen LogP contribution in [0, 0.1) is 13.8 Å². The minimum Gasteiger partial charge on any atom is -0.322 e. The van der Waals surface area contributed by atoms with E-state index >= 15 is 0 Å². The van der Waals surface area contributed by atoms with E-state index < -0.39 is 15.9 Å². The number of hydrogen-bond donors (Lipinski definition) is 2. The van der Waals surface area contributed by atoms with Gasteiger partial charge in [0.15, 0.2) is 0 Å². The van der Waals surface area contributed by atoms with Gasteiger partial charge in [0.05, 0.1) is 16.1 Å². The lowest BCUT2D eigenvalue weighted by Crippen LogP contribution is -2.32. The largest absolute Gasteiger partial charge is 0.322 e. The molecule has 0 aliphatic carbocycles. The molecule has 8 heteroatoms. The minimum atomic E-state index is -3.69. The van der Waals surface area contributed by atoms with Crippen LogP contribution in [0.3, 0.4) is 0 Å². The van der Waals surface area contributed by atoms with Crippen molar-refractivity contribution in [3.8, 4) is 0 Å². The van der Waals surface area contributed by atoms with E-state index in [4.69, 9.17) is 0 Å². The van der Waals surface area contributed by atoms with Gasteiger partial charge in [-0.2, -0.15) is 4.31 Å². The number of sulfonamides is 1. The number of nitrogens with one attached hydrogen (secondary N) is 2. The SMILES string of the molecule is Cc1ccc(NC(=O)c2ccccc2NC(=O)c2cccc(S(=O)(=O)N3CCCCCC3)c2)c(C)c1. The quantitative estimate of drug-likeness (QED) is 0.471. The highest BCUT2D eigenvalue weighted by atomic mass is 32.2. The third kappa shape index (κ3) is 5.83. The summed E-state index contributed by atoms with van der Waals surface area (Å²) in [5.74, 6) is -0.843. The lowest BCUT2D eigenvalue weighted by molar-refractivity contribution is 0.102. The number of amides is 2. The first kappa shape index (κ1) is 25.6. The monoisotopic (exact) mass is 505 g/mol. The number of carbonyl (C=O) groups excluding carboxylic acids is 2. The van der Waals surface area contributed by atoms with Crippen molar-refractivity contribution in [2.24, 2.45) is 0 Å². The van der Waals surface area contributed by atoms with Gasteiger partial charge in [-0.15, -0.1) is 0 Å². The Balaban J connectivity index is 1.54. The zero-order chi connectivity index (χ0) is 25.7. The fraction of sp³-hybridized carbons (Fsp3) is 0.286. The van der Waals surface area contributed by atoms with Gasteiger partial charge in [0.1, 0.15) is 0 Å². The summed E-state index contributed by atoms with van der Waals surface area (Å²) in [6.45, 7) is 4.88. The molecule has 2 N–H and O–H groups in total. The number of anilines is 2. The number of rotatable bonds is 6. The first-order chi connectivity index (χ1) is 17.3. The van der Waals surface area contributed by atoms with Crippen LogP contribution in [0.2, 0.25) is 0 Å². The van der Waals surface area contributed by atoms with Crippen LogP contribution in [0.15, 0.2) is 71.6 Å². The van der Waals surface area contributed by atoms with Gasteiger partial charge in [-0.3, -0.25) is 9.59 Å². The number of hydrogen-bond acceptors (Lipinski definition) is 4. The van der Waals surface area contributed by atoms with Crippen LogP contribution in [0.1, 0.15) is 57.5 Å². The van der Waals surface area contributed by atoms with Crippen molar-refractivity contribution in [2.45, 2.75) is 44.4 Å². The Hall–Kier alpha value is -3.49. The van der Waals surface area contributed by atoms with Crippen molar-refractivity contribution in [3.05, 3.63) is 89.0 Å². The van der Waals surface area contributed by atoms with Crippen molar-refractivity contribution in [3.63, 3.8) is 0 Å². The molecule has 1 aliphatic rings. The van der Waals surface area contributed by atoms with E-state index in [9.17, 15) is 18.0 Å². The third-order valence-corrected chi connectivity index (χ3v) is 8.24. The molecule has 1 saturated heterocycles. The molecule has 4 rings (SSSR count). The van der Waals surface area contributed by atoms with E-state index in [2.05, 4.69) is 10.6 Å². The van der Waals surface area contributed by atoms with Crippen LogP contribution in [0.4, 0.5) is 11.4 Å². The van der Waals surface area contributed by atoms with Gasteiger partial charge >= 0.3 is 0 Å². The summed E-state index contributed by atoms with van der Waals surface area (Å²) in [5.41, 5.74) is 3.57. The van der Waals surface area contributed by atoms with Gasteiger partial charge in [0.2, 0.25) is 10.0 Å². The highest BCUT2D eigenvalue weighted by molar-refractivity contribution is 7.89. The van der Waals surface area contributed by atoms with Crippen LogP contribution in [-0.4, -0.2) is 37.6 Å². The number of para-hydroxylation sites is 1. The maximum Gasteiger partial charge on any atom is 0.257 e. The van der Waals surface area contributed by atoms with Crippen molar-refractivity contribution < 1.29 is 18.0 Å². The number of nitrogens with zero attached hydrogens (tertiary/aromatic N) is 1. The van der Waals surface area contributed by atoms with Crippen molar-refractivity contribution in [1.29, 1.82) is 0 Å². The molecular weight excluding hydrogens is 474 g/mol. The molecule has 0 aromatic heterocycles. The number of carbonyl (C=O) groups is 2. The second-order valence-corrected chi connectivity index (χ2v) is 11.1. The molecule has 0 unspecified atom stereocenters. The van der Waals surface area contributed by atoms with E-state index in [0.717, 1.165) is 36.8 Å². The Morgan fingerprint density at radius 1 is 0.750 bits per heavy atom. The topological polar surface area (TPSA) is 95.6 Å². The summed E-state index contributed by atoms with van der Waals surface area (Å²) >= 11 is 0. The predicted octanol–water partition coefficient (Wildman–Crippen LogP) is 5.37. The number of benzene rings is 3. The zero-order valence-corrected chi connectivity index (χ0v) is 21.4. The molecule has 0 spiro atoms. The van der Waals surface area contributed by atoms with Crippen LogP contribution < -0.4 is 10.6 Å². The molecule has 1 heterocycles. The van der Waals surface area contributed by atoms with Crippen molar-refractivity contribution in [2.75, 3.05) is 23.7 Å². The van der Waals surface area contributed by atoms with E-state index in [0.29, 0.717) is 30.0 Å². The van der Waals surface area contributed by atoms with E-state index in [-0.39, 0.29) is 16.4 Å². The maximum absolute atomic E-state index is 13.2. The Morgan fingerprint density at radius 3 is 2.17 bits per heavy atom. The molecule has 188 valence electrons. The lowest BCUT2D eigenvalue weighted by atomic mass is 10.1. The van der Waals surface area contributed by atoms with Crippen LogP contribution in [0.5, 0.6) is 0 Å². The molecular formula is C28H31N3O4S. The molecule has 7 nitrogen and oxygen atoms in total. The average molecular weight is 506 g/mol. The second kappa shape index (κ2) is 11.1. The molecule has 2 amide bonds. The molecule has 36 heavy (non-hydrogen) atoms. The molecule has 0 saturated carbocycles. The van der Waals surface area contributed by atoms with Crippen LogP contribution >= 0.6 is 0 Å². The summed E-state index contributed by atoms with van der Waals surface area (Å²) in [6, 6.07) is 18.5. The van der Waals surface area contributed by atoms with Gasteiger partial charge in [0, 0.05) is 24.3 Å². The first-order valence-corrected chi connectivity index (χ1v) is 13.6. The molecule has 3 aromatic carbocycles. The summed E-state index contributed by atoms with van der Waals surface area (Å²) in [7, 11) is -3.69. The van der Waals surface area contributed by atoms with Crippen LogP contribution in [-0.2, 0) is 10.0 Å². The summed E-state index contributed by atoms with van der Waals surface area (Å²) < 4.78 is 27.9. The zero-order valence-electron chi connectivity index (χ0n) is 20.6. The minimum absolute atomic E-state index is 0.0953. The Morgan fingerprint density at radius 2 is 1.44 bits per heavy atom. The molecule has 3 aromatic rings. The summed E-state index contributed by atoms with van der Waals surface area (Å²) in [5, 5.41) is 5.68. The third-order valence-electron chi connectivity index (χ3n) is 6.35. The lowest BCUT2D eigenvalue weighted by Gasteiger charge is -2.20. The standard InChI is InChI=1S/C28H31N3O4S/c1-20-14-15-25(21(2)18-20)29-28(33)24-12-5-6-13-26(24)30-27(32)22-10-9-11-23(19-22)36(34,35)31-16-7-3-4-8-17-31/h5-6,9-15,18-19H,3-4,7-8,16-17H2,1-2H3,(H,29,33)(H,30,32). The average Bonchev–Trinajstić information content (AvgIpc) is 3.16. The Kier molecular flexibility index (Phi) is 7.86. The van der Waals surface area contributed by atoms with Gasteiger partial charge in [-0.25, -0.2) is 8.42 Å². The molecule has 0 bridgehead atoms. The van der Waals surface area contributed by atoms with Crippen molar-refractivity contribution in [1.82, 2.24) is 4.31 Å². The predicted molar refractivity (Wildman–Crippen MR) is 142 cm³/mol. The van der Waals surface area contributed by atoms with E-state index in [1.807, 2.05) is 32.0 Å². The first-order valence-electron chi connectivity index (χ1n) is 12.1. The fourth-order valence-electron chi connectivity index (χ4n) is 4.36. The highest BCUT2D eigenvalue weighted by Gasteiger charge is 2.26. The number of aryl methyl sites for hydroxylation is 2. The van der Waals surface area contributed by atoms with E-state index in [1.54, 1.807) is 36.4 Å². The Labute approximate surface area is 212 Å². The molecule has 1 aliphatic heterocycles. The van der Waals surface area contributed by atoms with Gasteiger partial charge in [0.25, 0.3) is 11.8 Å². The van der Waals surface area contributed by atoms with Gasteiger partial charge in [-0.05, 0) is 68.7 Å². The molecule has 0 atom stereocenters. The summed E-state index contributed by atoms with van der Waals surface area (Å²) in [4.78, 5) is 26.2. The highest BCUT2D eigenvalue weighted by Crippen LogP contribution is 2.23. The van der Waals surface area contributed by atoms with Gasteiger partial charge < -0.3 is 10.6 Å². The van der Waals surface area contributed by atoms with Crippen LogP contribution in [0.25, 0.3) is 0 Å². The fourth-order valence-corrected chi connectivity index (χ4v) is 5.92. The van der Waals surface area contributed by atoms with E-state index in [1.165, 1.54) is 16.4 Å². The maximum atomic E-state index is 13.2.